The van der Waals surface area contributed by atoms with E-state index in [0.717, 1.165) is 30.1 Å². The summed E-state index contributed by atoms with van der Waals surface area (Å²) < 4.78 is 16.6. The number of hydrogen-bond acceptors (Lipinski definition) is 4. The van der Waals surface area contributed by atoms with Gasteiger partial charge in [0.1, 0.15) is 12.6 Å². The molecule has 28 heavy (non-hydrogen) atoms. The highest BCUT2D eigenvalue weighted by atomic mass is 16.7. The molecule has 4 heteroatoms. The summed E-state index contributed by atoms with van der Waals surface area (Å²) in [5, 5.41) is 0. The fourth-order valence-electron chi connectivity index (χ4n) is 8.16. The highest BCUT2D eigenvalue weighted by Crippen LogP contribution is 2.69. The number of hydrogen-bond donors (Lipinski definition) is 0. The van der Waals surface area contributed by atoms with E-state index in [1.807, 2.05) is 6.92 Å². The second-order valence-corrected chi connectivity index (χ2v) is 10.7. The van der Waals surface area contributed by atoms with E-state index in [1.165, 1.54) is 44.9 Å². The number of ether oxygens (including phenoxy) is 3. The molecule has 0 aromatic rings. The number of fused-ring (bicyclic) bond motifs is 5. The SMILES string of the molecule is COCCOCO[C@@H]1CC[C@@]2(C)[C@H](C1)C[C@@H]1[C@@H]2CC[C@]2(C)[C@@H](C(C)=O)CC[C@@H]12. The van der Waals surface area contributed by atoms with Crippen molar-refractivity contribution in [2.75, 3.05) is 27.1 Å². The minimum absolute atomic E-state index is 0.266. The van der Waals surface area contributed by atoms with E-state index in [9.17, 15) is 4.79 Å². The van der Waals surface area contributed by atoms with Crippen LogP contribution in [0.5, 0.6) is 0 Å². The molecule has 0 bridgehead atoms. The summed E-state index contributed by atoms with van der Waals surface area (Å²) in [5.74, 6) is 3.98. The van der Waals surface area contributed by atoms with Crippen molar-refractivity contribution in [3.8, 4) is 0 Å². The first kappa shape index (κ1) is 20.8. The molecule has 0 saturated heterocycles. The predicted octanol–water partition coefficient (Wildman–Crippen LogP) is 4.85. The van der Waals surface area contributed by atoms with Gasteiger partial charge in [-0.05, 0) is 92.8 Å². The van der Waals surface area contributed by atoms with Crippen molar-refractivity contribution < 1.29 is 19.0 Å². The molecule has 4 rings (SSSR count). The van der Waals surface area contributed by atoms with Gasteiger partial charge in [0, 0.05) is 13.0 Å². The lowest BCUT2D eigenvalue weighted by Crippen LogP contribution is -2.45. The van der Waals surface area contributed by atoms with E-state index in [0.29, 0.717) is 43.2 Å². The third-order valence-electron chi connectivity index (χ3n) is 9.64. The summed E-state index contributed by atoms with van der Waals surface area (Å²) in [5.41, 5.74) is 0.749. The molecule has 0 unspecified atom stereocenters. The van der Waals surface area contributed by atoms with Crippen LogP contribution in [0.2, 0.25) is 0 Å². The van der Waals surface area contributed by atoms with Gasteiger partial charge in [0.05, 0.1) is 19.3 Å². The molecular weight excluding hydrogens is 352 g/mol. The zero-order valence-corrected chi connectivity index (χ0v) is 18.4. The Labute approximate surface area is 171 Å². The maximum atomic E-state index is 12.3. The van der Waals surface area contributed by atoms with Crippen molar-refractivity contribution in [2.45, 2.75) is 78.2 Å². The van der Waals surface area contributed by atoms with Crippen LogP contribution in [-0.4, -0.2) is 39.0 Å². The lowest BCUT2D eigenvalue weighted by molar-refractivity contribution is -0.128. The highest BCUT2D eigenvalue weighted by molar-refractivity contribution is 5.79. The van der Waals surface area contributed by atoms with Gasteiger partial charge in [-0.15, -0.1) is 0 Å². The number of ketones is 1. The van der Waals surface area contributed by atoms with Crippen LogP contribution in [0, 0.1) is 40.4 Å². The van der Waals surface area contributed by atoms with Crippen molar-refractivity contribution >= 4 is 5.78 Å². The third kappa shape index (κ3) is 3.37. The van der Waals surface area contributed by atoms with Crippen molar-refractivity contribution in [3.63, 3.8) is 0 Å². The van der Waals surface area contributed by atoms with E-state index in [1.54, 1.807) is 7.11 Å². The molecule has 160 valence electrons. The van der Waals surface area contributed by atoms with Gasteiger partial charge in [-0.25, -0.2) is 0 Å². The number of methoxy groups -OCH3 is 1. The molecule has 4 saturated carbocycles. The van der Waals surface area contributed by atoms with Crippen LogP contribution in [0.25, 0.3) is 0 Å². The van der Waals surface area contributed by atoms with Crippen LogP contribution in [0.4, 0.5) is 0 Å². The van der Waals surface area contributed by atoms with Gasteiger partial charge in [0.25, 0.3) is 0 Å². The molecule has 0 aromatic heterocycles. The summed E-state index contributed by atoms with van der Waals surface area (Å²) in [6.07, 6.45) is 10.4. The van der Waals surface area contributed by atoms with Crippen molar-refractivity contribution in [1.82, 2.24) is 0 Å². The molecule has 0 heterocycles. The Morgan fingerprint density at radius 3 is 2.46 bits per heavy atom. The summed E-state index contributed by atoms with van der Waals surface area (Å²) >= 11 is 0. The standard InChI is InChI=1S/C24H40O4/c1-16(25)20-5-6-21-19-14-17-13-18(28-15-27-12-11-26-4)7-9-23(17,2)22(19)8-10-24(20,21)3/h17-22H,5-15H2,1-4H3/t17-,18-,19+,20-,21+,22+,23+,24-/m1/s1. The highest BCUT2D eigenvalue weighted by Gasteiger charge is 2.63. The summed E-state index contributed by atoms with van der Waals surface area (Å²) in [6.45, 7) is 8.47. The van der Waals surface area contributed by atoms with Crippen LogP contribution < -0.4 is 0 Å². The molecule has 0 amide bonds. The van der Waals surface area contributed by atoms with E-state index >= 15 is 0 Å². The Bertz CT molecular complexity index is 577. The van der Waals surface area contributed by atoms with Gasteiger partial charge in [-0.1, -0.05) is 13.8 Å². The zero-order chi connectivity index (χ0) is 19.9. The molecule has 0 aromatic carbocycles. The average Bonchev–Trinajstić information content (AvgIpc) is 3.15. The normalized spacial score (nSPS) is 47.4. The van der Waals surface area contributed by atoms with E-state index in [4.69, 9.17) is 14.2 Å². The first-order valence-electron chi connectivity index (χ1n) is 11.6. The summed E-state index contributed by atoms with van der Waals surface area (Å²) in [6, 6.07) is 0. The molecular formula is C24H40O4. The number of carbonyl (C=O) groups excluding carboxylic acids is 1. The van der Waals surface area contributed by atoms with Crippen LogP contribution in [-0.2, 0) is 19.0 Å². The largest absolute Gasteiger partial charge is 0.382 e. The van der Waals surface area contributed by atoms with Crippen LogP contribution in [0.15, 0.2) is 0 Å². The number of rotatable bonds is 7. The zero-order valence-electron chi connectivity index (χ0n) is 18.4. The topological polar surface area (TPSA) is 44.8 Å². The van der Waals surface area contributed by atoms with Crippen molar-refractivity contribution in [1.29, 1.82) is 0 Å². The number of carbonyl (C=O) groups is 1. The molecule has 4 aliphatic rings. The van der Waals surface area contributed by atoms with Crippen molar-refractivity contribution in [3.05, 3.63) is 0 Å². The maximum absolute atomic E-state index is 12.3. The summed E-state index contributed by atoms with van der Waals surface area (Å²) in [7, 11) is 1.69. The second-order valence-electron chi connectivity index (χ2n) is 10.7. The quantitative estimate of drug-likeness (QED) is 0.459. The molecule has 4 nitrogen and oxygen atoms in total. The molecule has 4 fully saturated rings. The smallest absolute Gasteiger partial charge is 0.147 e. The fraction of sp³-hybridized carbons (Fsp3) is 0.958. The van der Waals surface area contributed by atoms with E-state index in [-0.39, 0.29) is 5.41 Å². The van der Waals surface area contributed by atoms with Crippen LogP contribution >= 0.6 is 0 Å². The Hall–Kier alpha value is -0.450. The third-order valence-corrected chi connectivity index (χ3v) is 9.64. The monoisotopic (exact) mass is 392 g/mol. The first-order valence-corrected chi connectivity index (χ1v) is 11.6. The van der Waals surface area contributed by atoms with Crippen LogP contribution in [0.1, 0.15) is 72.1 Å². The van der Waals surface area contributed by atoms with Crippen molar-refractivity contribution in [2.24, 2.45) is 40.4 Å². The van der Waals surface area contributed by atoms with E-state index < -0.39 is 0 Å². The minimum atomic E-state index is 0.266. The first-order chi connectivity index (χ1) is 13.4. The van der Waals surface area contributed by atoms with Gasteiger partial charge >= 0.3 is 0 Å². The van der Waals surface area contributed by atoms with E-state index in [2.05, 4.69) is 13.8 Å². The Morgan fingerprint density at radius 2 is 1.71 bits per heavy atom. The van der Waals surface area contributed by atoms with Gasteiger partial charge in [0.15, 0.2) is 0 Å². The summed E-state index contributed by atoms with van der Waals surface area (Å²) in [4.78, 5) is 12.3. The molecule has 8 atom stereocenters. The Balaban J connectivity index is 1.40. The Morgan fingerprint density at radius 1 is 0.964 bits per heavy atom. The fourth-order valence-corrected chi connectivity index (χ4v) is 8.16. The maximum Gasteiger partial charge on any atom is 0.147 e. The van der Waals surface area contributed by atoms with Gasteiger partial charge < -0.3 is 14.2 Å². The molecule has 0 N–H and O–H groups in total. The Kier molecular flexibility index (Phi) is 5.94. The molecule has 0 aliphatic heterocycles. The lowest BCUT2D eigenvalue weighted by Gasteiger charge is -2.50. The van der Waals surface area contributed by atoms with Gasteiger partial charge in [-0.3, -0.25) is 4.79 Å². The second kappa shape index (κ2) is 8.00. The van der Waals surface area contributed by atoms with Gasteiger partial charge in [-0.2, -0.15) is 0 Å². The molecule has 0 spiro atoms. The van der Waals surface area contributed by atoms with Crippen LogP contribution in [0.3, 0.4) is 0 Å². The average molecular weight is 393 g/mol. The molecule has 4 aliphatic carbocycles. The lowest BCUT2D eigenvalue weighted by atomic mass is 9.54. The number of Topliss-reactive ketones (excluding diaryl/α,β-unsaturated/α-hetero) is 1. The molecule has 0 radical (unpaired) electrons. The predicted molar refractivity (Wildman–Crippen MR) is 109 cm³/mol. The van der Waals surface area contributed by atoms with Gasteiger partial charge in [0.2, 0.25) is 0 Å². The minimum Gasteiger partial charge on any atom is -0.382 e.